The van der Waals surface area contributed by atoms with Crippen molar-refractivity contribution in [2.75, 3.05) is 26.2 Å². The predicted octanol–water partition coefficient (Wildman–Crippen LogP) is 2.32. The van der Waals surface area contributed by atoms with E-state index >= 15 is 0 Å². The highest BCUT2D eigenvalue weighted by Gasteiger charge is 2.27. The number of aromatic nitrogens is 4. The molecule has 0 bridgehead atoms. The fourth-order valence-corrected chi connectivity index (χ4v) is 4.44. The molecule has 0 unspecified atom stereocenters. The molecule has 1 fully saturated rings. The van der Waals surface area contributed by atoms with Gasteiger partial charge in [-0.05, 0) is 44.2 Å². The maximum Gasteiger partial charge on any atom is 0.329 e. The van der Waals surface area contributed by atoms with Crippen LogP contribution in [0, 0.1) is 6.92 Å². The van der Waals surface area contributed by atoms with Gasteiger partial charge in [0.2, 0.25) is 17.6 Å². The first-order valence-corrected chi connectivity index (χ1v) is 11.5. The number of imidazole rings is 1. The van der Waals surface area contributed by atoms with Crippen LogP contribution >= 0.6 is 0 Å². The second-order valence-corrected chi connectivity index (χ2v) is 8.82. The van der Waals surface area contributed by atoms with Crippen molar-refractivity contribution in [3.63, 3.8) is 0 Å². The Bertz CT molecular complexity index is 1440. The van der Waals surface area contributed by atoms with Gasteiger partial charge in [0, 0.05) is 44.7 Å². The van der Waals surface area contributed by atoms with Crippen LogP contribution in [0.4, 0.5) is 0 Å². The van der Waals surface area contributed by atoms with Crippen LogP contribution in [0.15, 0.2) is 50.3 Å². The van der Waals surface area contributed by atoms with E-state index in [1.807, 2.05) is 32.0 Å². The maximum absolute atomic E-state index is 13.3. The van der Waals surface area contributed by atoms with Crippen LogP contribution in [0.2, 0.25) is 0 Å². The molecular formula is C24H26N6O5. The number of aryl methyl sites for hydroxylation is 1. The fraction of sp³-hybridized carbons (Fsp3) is 0.375. The van der Waals surface area contributed by atoms with Crippen molar-refractivity contribution < 1.29 is 18.5 Å². The summed E-state index contributed by atoms with van der Waals surface area (Å²) in [4.78, 5) is 46.6. The molecule has 182 valence electrons. The summed E-state index contributed by atoms with van der Waals surface area (Å²) in [6.07, 6.45) is 1.46. The van der Waals surface area contributed by atoms with Crippen molar-refractivity contribution in [1.82, 2.24) is 29.1 Å². The zero-order valence-electron chi connectivity index (χ0n) is 19.8. The second kappa shape index (κ2) is 8.90. The van der Waals surface area contributed by atoms with Gasteiger partial charge in [0.05, 0.1) is 17.3 Å². The molecule has 0 spiro atoms. The molecule has 0 saturated carbocycles. The molecule has 1 aromatic carbocycles. The SMILES string of the molecule is Cc1nc(-c2ccc3c(c2)n(CC(=O)N2CCN(C(=O)c4ccco4)CC2)c(=O)n3C(C)C)no1. The minimum absolute atomic E-state index is 0.0872. The number of carbonyl (C=O) groups excluding carboxylic acids is 2. The van der Waals surface area contributed by atoms with E-state index in [-0.39, 0.29) is 35.9 Å². The van der Waals surface area contributed by atoms with Crippen LogP contribution in [0.1, 0.15) is 36.3 Å². The molecule has 0 aliphatic carbocycles. The molecule has 4 heterocycles. The summed E-state index contributed by atoms with van der Waals surface area (Å²) in [6.45, 7) is 7.03. The van der Waals surface area contributed by atoms with Crippen LogP contribution in [0.3, 0.4) is 0 Å². The first-order chi connectivity index (χ1) is 16.8. The maximum atomic E-state index is 13.3. The Labute approximate surface area is 200 Å². The molecule has 1 saturated heterocycles. The lowest BCUT2D eigenvalue weighted by Gasteiger charge is -2.34. The van der Waals surface area contributed by atoms with Crippen molar-refractivity contribution in [2.24, 2.45) is 0 Å². The van der Waals surface area contributed by atoms with E-state index in [1.165, 1.54) is 10.8 Å². The minimum atomic E-state index is -0.253. The van der Waals surface area contributed by atoms with Gasteiger partial charge in [-0.15, -0.1) is 0 Å². The number of hydrogen-bond acceptors (Lipinski definition) is 7. The van der Waals surface area contributed by atoms with E-state index in [0.717, 1.165) is 5.52 Å². The van der Waals surface area contributed by atoms with Crippen molar-refractivity contribution in [3.8, 4) is 11.4 Å². The molecule has 35 heavy (non-hydrogen) atoms. The minimum Gasteiger partial charge on any atom is -0.459 e. The topological polar surface area (TPSA) is 120 Å². The van der Waals surface area contributed by atoms with Crippen LogP contribution in [-0.4, -0.2) is 67.1 Å². The number of furan rings is 1. The van der Waals surface area contributed by atoms with Crippen LogP contribution < -0.4 is 5.69 Å². The number of rotatable bonds is 5. The largest absolute Gasteiger partial charge is 0.459 e. The number of carbonyl (C=O) groups is 2. The van der Waals surface area contributed by atoms with Gasteiger partial charge in [0.15, 0.2) is 5.76 Å². The molecule has 3 aromatic heterocycles. The van der Waals surface area contributed by atoms with E-state index < -0.39 is 0 Å². The molecule has 4 aromatic rings. The third-order valence-corrected chi connectivity index (χ3v) is 6.21. The van der Waals surface area contributed by atoms with Crippen LogP contribution in [0.5, 0.6) is 0 Å². The van der Waals surface area contributed by atoms with E-state index in [0.29, 0.717) is 49.0 Å². The standard InChI is InChI=1S/C24H26N6O5/c1-15(2)30-18-7-6-17(22-25-16(3)35-26-22)13-19(18)29(24(30)33)14-21(31)27-8-10-28(11-9-27)23(32)20-5-4-12-34-20/h4-7,12-13,15H,8-11,14H2,1-3H3. The monoisotopic (exact) mass is 478 g/mol. The molecule has 0 radical (unpaired) electrons. The van der Waals surface area contributed by atoms with Gasteiger partial charge in [0.25, 0.3) is 5.91 Å². The van der Waals surface area contributed by atoms with Gasteiger partial charge in [-0.25, -0.2) is 4.79 Å². The van der Waals surface area contributed by atoms with Gasteiger partial charge in [-0.1, -0.05) is 5.16 Å². The summed E-state index contributed by atoms with van der Waals surface area (Å²) < 4.78 is 13.5. The smallest absolute Gasteiger partial charge is 0.329 e. The Hall–Kier alpha value is -4.15. The van der Waals surface area contributed by atoms with Crippen molar-refractivity contribution in [3.05, 3.63) is 58.7 Å². The van der Waals surface area contributed by atoms with E-state index in [9.17, 15) is 14.4 Å². The van der Waals surface area contributed by atoms with Crippen molar-refractivity contribution >= 4 is 22.8 Å². The molecular weight excluding hydrogens is 452 g/mol. The highest BCUT2D eigenvalue weighted by molar-refractivity contribution is 5.91. The van der Waals surface area contributed by atoms with Gasteiger partial charge < -0.3 is 18.7 Å². The average Bonchev–Trinajstić information content (AvgIpc) is 3.59. The molecule has 0 N–H and O–H groups in total. The Morgan fingerprint density at radius 1 is 1.06 bits per heavy atom. The molecule has 1 aliphatic rings. The van der Waals surface area contributed by atoms with E-state index in [2.05, 4.69) is 10.1 Å². The highest BCUT2D eigenvalue weighted by atomic mass is 16.5. The second-order valence-electron chi connectivity index (χ2n) is 8.82. The molecule has 11 heteroatoms. The third-order valence-electron chi connectivity index (χ3n) is 6.21. The molecule has 5 rings (SSSR count). The van der Waals surface area contributed by atoms with Gasteiger partial charge in [0.1, 0.15) is 6.54 Å². The first kappa shape index (κ1) is 22.6. The van der Waals surface area contributed by atoms with Crippen LogP contribution in [-0.2, 0) is 11.3 Å². The molecule has 0 atom stereocenters. The summed E-state index contributed by atoms with van der Waals surface area (Å²) in [7, 11) is 0. The van der Waals surface area contributed by atoms with Crippen LogP contribution in [0.25, 0.3) is 22.4 Å². The highest BCUT2D eigenvalue weighted by Crippen LogP contribution is 2.24. The summed E-state index contributed by atoms with van der Waals surface area (Å²) in [5.74, 6) is 0.773. The van der Waals surface area contributed by atoms with E-state index in [4.69, 9.17) is 8.94 Å². The number of fused-ring (bicyclic) bond motifs is 1. The molecule has 11 nitrogen and oxygen atoms in total. The summed E-state index contributed by atoms with van der Waals surface area (Å²) in [5, 5.41) is 3.97. The average molecular weight is 479 g/mol. The van der Waals surface area contributed by atoms with Crippen molar-refractivity contribution in [1.29, 1.82) is 0 Å². The molecule has 1 aliphatic heterocycles. The Morgan fingerprint density at radius 2 is 1.80 bits per heavy atom. The van der Waals surface area contributed by atoms with Crippen molar-refractivity contribution in [2.45, 2.75) is 33.4 Å². The number of hydrogen-bond donors (Lipinski definition) is 0. The summed E-state index contributed by atoms with van der Waals surface area (Å²) in [6, 6.07) is 8.71. The Morgan fingerprint density at radius 3 is 2.43 bits per heavy atom. The number of nitrogens with zero attached hydrogens (tertiary/aromatic N) is 6. The van der Waals surface area contributed by atoms with Gasteiger partial charge >= 0.3 is 5.69 Å². The van der Waals surface area contributed by atoms with Gasteiger partial charge in [-0.3, -0.25) is 18.7 Å². The third kappa shape index (κ3) is 4.13. The number of piperazine rings is 1. The Kier molecular flexibility index (Phi) is 5.75. The van der Waals surface area contributed by atoms with Gasteiger partial charge in [-0.2, -0.15) is 4.98 Å². The number of benzene rings is 1. The number of amides is 2. The van der Waals surface area contributed by atoms with E-state index in [1.54, 1.807) is 33.4 Å². The zero-order valence-corrected chi connectivity index (χ0v) is 19.8. The normalized spacial score (nSPS) is 14.3. The Balaban J connectivity index is 1.39. The summed E-state index contributed by atoms with van der Waals surface area (Å²) >= 11 is 0. The molecule has 2 amide bonds. The first-order valence-electron chi connectivity index (χ1n) is 11.5. The predicted molar refractivity (Wildman–Crippen MR) is 126 cm³/mol. The lowest BCUT2D eigenvalue weighted by molar-refractivity contribution is -0.133. The lowest BCUT2D eigenvalue weighted by atomic mass is 10.2. The summed E-state index contributed by atoms with van der Waals surface area (Å²) in [5.41, 5.74) is 1.80. The quantitative estimate of drug-likeness (QED) is 0.432. The lowest BCUT2D eigenvalue weighted by Crippen LogP contribution is -2.51. The fourth-order valence-electron chi connectivity index (χ4n) is 4.44. The zero-order chi connectivity index (χ0) is 24.7.